The Labute approximate surface area is 130 Å². The molecule has 5 heteroatoms. The number of carboxylic acids is 1. The monoisotopic (exact) mass is 305 g/mol. The van der Waals surface area contributed by atoms with Crippen molar-refractivity contribution in [3.63, 3.8) is 0 Å². The highest BCUT2D eigenvalue weighted by atomic mass is 16.5. The second-order valence-corrected chi connectivity index (χ2v) is 5.97. The molecule has 1 aliphatic rings. The van der Waals surface area contributed by atoms with Crippen LogP contribution in [0.2, 0.25) is 0 Å². The molecule has 2 rings (SSSR count). The van der Waals surface area contributed by atoms with Crippen LogP contribution < -0.4 is 10.1 Å². The number of aliphatic carboxylic acids is 1. The predicted molar refractivity (Wildman–Crippen MR) is 83.1 cm³/mol. The Bertz CT molecular complexity index is 557. The molecule has 0 bridgehead atoms. The van der Waals surface area contributed by atoms with Crippen LogP contribution in [0.5, 0.6) is 5.75 Å². The second-order valence-electron chi connectivity index (χ2n) is 5.97. The van der Waals surface area contributed by atoms with Crippen LogP contribution in [0.3, 0.4) is 0 Å². The van der Waals surface area contributed by atoms with Crippen molar-refractivity contribution in [2.45, 2.75) is 45.1 Å². The van der Waals surface area contributed by atoms with E-state index in [1.807, 2.05) is 13.8 Å². The van der Waals surface area contributed by atoms with Gasteiger partial charge in [-0.3, -0.25) is 9.59 Å². The van der Waals surface area contributed by atoms with Crippen molar-refractivity contribution in [3.05, 3.63) is 29.8 Å². The lowest BCUT2D eigenvalue weighted by molar-refractivity contribution is -0.145. The quantitative estimate of drug-likeness (QED) is 0.877. The number of rotatable bonds is 5. The maximum atomic E-state index is 12.5. The zero-order valence-electron chi connectivity index (χ0n) is 13.1. The van der Waals surface area contributed by atoms with Gasteiger partial charge in [-0.05, 0) is 44.9 Å². The predicted octanol–water partition coefficient (Wildman–Crippen LogP) is 2.85. The van der Waals surface area contributed by atoms with Crippen LogP contribution >= 0.6 is 0 Å². The Kier molecular flexibility index (Phi) is 5.06. The first kappa shape index (κ1) is 16.3. The summed E-state index contributed by atoms with van der Waals surface area (Å²) in [4.78, 5) is 23.9. The number of benzene rings is 1. The van der Waals surface area contributed by atoms with E-state index in [4.69, 9.17) is 4.74 Å². The van der Waals surface area contributed by atoms with E-state index in [1.165, 1.54) is 0 Å². The fourth-order valence-corrected chi connectivity index (χ4v) is 3.10. The molecule has 120 valence electrons. The molecular weight excluding hydrogens is 282 g/mol. The zero-order valence-corrected chi connectivity index (χ0v) is 13.1. The average Bonchev–Trinajstić information content (AvgIpc) is 2.47. The summed E-state index contributed by atoms with van der Waals surface area (Å²) in [5, 5.41) is 12.3. The Hall–Kier alpha value is -2.04. The second kappa shape index (κ2) is 6.81. The van der Waals surface area contributed by atoms with Gasteiger partial charge in [0.05, 0.1) is 18.1 Å². The van der Waals surface area contributed by atoms with Crippen LogP contribution in [0, 0.1) is 5.92 Å². The molecule has 0 aliphatic heterocycles. The Morgan fingerprint density at radius 2 is 2.18 bits per heavy atom. The Balaban J connectivity index is 2.15. The molecule has 0 saturated heterocycles. The van der Waals surface area contributed by atoms with E-state index in [0.29, 0.717) is 30.8 Å². The third-order valence-electron chi connectivity index (χ3n) is 4.31. The lowest BCUT2D eigenvalue weighted by Crippen LogP contribution is -2.55. The standard InChI is InChI=1S/C17H23NO4/c1-3-22-13-8-6-7-12(11-13)15(19)18-17(2)10-5-4-9-14(17)16(20)21/h6-8,11,14H,3-5,9-10H2,1-2H3,(H,18,19)(H,20,21). The van der Waals surface area contributed by atoms with Gasteiger partial charge in [0.15, 0.2) is 0 Å². The highest BCUT2D eigenvalue weighted by molar-refractivity contribution is 5.95. The maximum Gasteiger partial charge on any atom is 0.308 e. The maximum absolute atomic E-state index is 12.5. The summed E-state index contributed by atoms with van der Waals surface area (Å²) < 4.78 is 5.40. The molecule has 1 saturated carbocycles. The van der Waals surface area contributed by atoms with Crippen molar-refractivity contribution in [2.24, 2.45) is 5.92 Å². The van der Waals surface area contributed by atoms with E-state index in [2.05, 4.69) is 5.32 Å². The molecule has 2 N–H and O–H groups in total. The molecule has 0 aromatic heterocycles. The summed E-state index contributed by atoms with van der Waals surface area (Å²) >= 11 is 0. The van der Waals surface area contributed by atoms with Crippen LogP contribution in [-0.4, -0.2) is 29.1 Å². The summed E-state index contributed by atoms with van der Waals surface area (Å²) in [6.45, 7) is 4.24. The topological polar surface area (TPSA) is 75.6 Å². The molecule has 1 aliphatic carbocycles. The van der Waals surface area contributed by atoms with Gasteiger partial charge in [0.25, 0.3) is 5.91 Å². The normalized spacial score (nSPS) is 24.5. The molecule has 22 heavy (non-hydrogen) atoms. The summed E-state index contributed by atoms with van der Waals surface area (Å²) in [5.74, 6) is -0.998. The van der Waals surface area contributed by atoms with Gasteiger partial charge in [0.2, 0.25) is 0 Å². The average molecular weight is 305 g/mol. The summed E-state index contributed by atoms with van der Waals surface area (Å²) in [5.41, 5.74) is -0.218. The van der Waals surface area contributed by atoms with Crippen molar-refractivity contribution < 1.29 is 19.4 Å². The third-order valence-corrected chi connectivity index (χ3v) is 4.31. The highest BCUT2D eigenvalue weighted by Crippen LogP contribution is 2.34. The number of carboxylic acid groups (broad SMARTS) is 1. The van der Waals surface area contributed by atoms with E-state index in [-0.39, 0.29) is 5.91 Å². The van der Waals surface area contributed by atoms with Gasteiger partial charge < -0.3 is 15.2 Å². The first-order chi connectivity index (χ1) is 10.5. The van der Waals surface area contributed by atoms with Crippen LogP contribution in [0.25, 0.3) is 0 Å². The smallest absolute Gasteiger partial charge is 0.308 e. The molecule has 0 spiro atoms. The fourth-order valence-electron chi connectivity index (χ4n) is 3.10. The number of hydrogen-bond acceptors (Lipinski definition) is 3. The van der Waals surface area contributed by atoms with Gasteiger partial charge >= 0.3 is 5.97 Å². The van der Waals surface area contributed by atoms with Gasteiger partial charge in [-0.2, -0.15) is 0 Å². The molecule has 1 amide bonds. The lowest BCUT2D eigenvalue weighted by atomic mass is 9.73. The number of hydrogen-bond donors (Lipinski definition) is 2. The van der Waals surface area contributed by atoms with E-state index >= 15 is 0 Å². The van der Waals surface area contributed by atoms with E-state index in [9.17, 15) is 14.7 Å². The number of carbonyl (C=O) groups is 2. The van der Waals surface area contributed by atoms with Crippen LogP contribution in [0.15, 0.2) is 24.3 Å². The van der Waals surface area contributed by atoms with Gasteiger partial charge in [-0.1, -0.05) is 18.9 Å². The fraction of sp³-hybridized carbons (Fsp3) is 0.529. The van der Waals surface area contributed by atoms with Crippen molar-refractivity contribution in [2.75, 3.05) is 6.61 Å². The number of nitrogens with one attached hydrogen (secondary N) is 1. The highest BCUT2D eigenvalue weighted by Gasteiger charge is 2.42. The van der Waals surface area contributed by atoms with Gasteiger partial charge in [0, 0.05) is 5.56 Å². The van der Waals surface area contributed by atoms with E-state index in [1.54, 1.807) is 24.3 Å². The first-order valence-electron chi connectivity index (χ1n) is 7.74. The van der Waals surface area contributed by atoms with Gasteiger partial charge in [-0.15, -0.1) is 0 Å². The van der Waals surface area contributed by atoms with Gasteiger partial charge in [-0.25, -0.2) is 0 Å². The van der Waals surface area contributed by atoms with Crippen LogP contribution in [0.4, 0.5) is 0 Å². The molecular formula is C17H23NO4. The minimum Gasteiger partial charge on any atom is -0.494 e. The third kappa shape index (κ3) is 3.59. The molecule has 1 fully saturated rings. The lowest BCUT2D eigenvalue weighted by Gasteiger charge is -2.39. The van der Waals surface area contributed by atoms with E-state index in [0.717, 1.165) is 12.8 Å². The number of carbonyl (C=O) groups excluding carboxylic acids is 1. The van der Waals surface area contributed by atoms with Crippen molar-refractivity contribution in [1.82, 2.24) is 5.32 Å². The van der Waals surface area contributed by atoms with Crippen LogP contribution in [0.1, 0.15) is 49.9 Å². The Morgan fingerprint density at radius 1 is 1.41 bits per heavy atom. The van der Waals surface area contributed by atoms with Crippen molar-refractivity contribution in [3.8, 4) is 5.75 Å². The summed E-state index contributed by atoms with van der Waals surface area (Å²) in [6, 6.07) is 6.95. The summed E-state index contributed by atoms with van der Waals surface area (Å²) in [7, 11) is 0. The van der Waals surface area contributed by atoms with E-state index < -0.39 is 17.4 Å². The van der Waals surface area contributed by atoms with Crippen LogP contribution in [-0.2, 0) is 4.79 Å². The minimum absolute atomic E-state index is 0.253. The number of ether oxygens (including phenoxy) is 1. The SMILES string of the molecule is CCOc1cccc(C(=O)NC2(C)CCCCC2C(=O)O)c1. The summed E-state index contributed by atoms with van der Waals surface area (Å²) in [6.07, 6.45) is 3.10. The molecule has 0 radical (unpaired) electrons. The van der Waals surface area contributed by atoms with Gasteiger partial charge in [0.1, 0.15) is 5.75 Å². The van der Waals surface area contributed by atoms with Crippen molar-refractivity contribution in [1.29, 1.82) is 0 Å². The number of amides is 1. The zero-order chi connectivity index (χ0) is 16.2. The largest absolute Gasteiger partial charge is 0.494 e. The molecule has 0 heterocycles. The first-order valence-corrected chi connectivity index (χ1v) is 7.74. The molecule has 2 atom stereocenters. The molecule has 2 unspecified atom stereocenters. The Morgan fingerprint density at radius 3 is 2.86 bits per heavy atom. The molecule has 1 aromatic rings. The minimum atomic E-state index is -0.842. The molecule has 5 nitrogen and oxygen atoms in total. The van der Waals surface area contributed by atoms with Crippen molar-refractivity contribution >= 4 is 11.9 Å². The molecule has 1 aromatic carbocycles.